The second-order valence-corrected chi connectivity index (χ2v) is 8.91. The van der Waals surface area contributed by atoms with E-state index in [0.29, 0.717) is 11.3 Å². The molecule has 0 spiro atoms. The highest BCUT2D eigenvalue weighted by Crippen LogP contribution is 2.43. The Morgan fingerprint density at radius 2 is 1.91 bits per heavy atom. The van der Waals surface area contributed by atoms with Gasteiger partial charge in [0, 0.05) is 0 Å². The molecule has 0 fully saturated rings. The molecule has 0 unspecified atom stereocenters. The van der Waals surface area contributed by atoms with E-state index in [4.69, 9.17) is 9.15 Å². The van der Waals surface area contributed by atoms with Crippen LogP contribution in [0.4, 0.5) is 9.52 Å². The van der Waals surface area contributed by atoms with Crippen LogP contribution in [0.2, 0.25) is 0 Å². The first-order valence-electron chi connectivity index (χ1n) is 10.6. The number of rotatable bonds is 4. The molecule has 1 atom stereocenters. The normalized spacial score (nSPS) is 15.1. The number of nitrogens with zero attached hydrogens (tertiary/aromatic N) is 2. The minimum Gasteiger partial charge on any atom is -0.462 e. The summed E-state index contributed by atoms with van der Waals surface area (Å²) < 4.78 is 24.9. The van der Waals surface area contributed by atoms with E-state index in [9.17, 15) is 18.8 Å². The first kappa shape index (κ1) is 22.0. The summed E-state index contributed by atoms with van der Waals surface area (Å²) in [6, 6.07) is 10.1. The van der Waals surface area contributed by atoms with Gasteiger partial charge in [-0.3, -0.25) is 14.5 Å². The zero-order valence-electron chi connectivity index (χ0n) is 18.5. The van der Waals surface area contributed by atoms with E-state index < -0.39 is 29.2 Å². The van der Waals surface area contributed by atoms with Crippen LogP contribution in [0.15, 0.2) is 51.7 Å². The number of ether oxygens (including phenoxy) is 1. The maximum Gasteiger partial charge on any atom is 0.350 e. The fourth-order valence-corrected chi connectivity index (χ4v) is 5.07. The molecule has 7 nitrogen and oxygen atoms in total. The lowest BCUT2D eigenvalue weighted by Crippen LogP contribution is -2.29. The van der Waals surface area contributed by atoms with Gasteiger partial charge in [0.05, 0.1) is 29.3 Å². The minimum atomic E-state index is -0.854. The molecule has 34 heavy (non-hydrogen) atoms. The lowest BCUT2D eigenvalue weighted by molar-refractivity contribution is 0.0531. The van der Waals surface area contributed by atoms with Crippen molar-refractivity contribution in [2.24, 2.45) is 0 Å². The second kappa shape index (κ2) is 8.18. The molecule has 0 aliphatic carbocycles. The summed E-state index contributed by atoms with van der Waals surface area (Å²) in [4.78, 5) is 45.6. The van der Waals surface area contributed by atoms with Gasteiger partial charge >= 0.3 is 5.97 Å². The van der Waals surface area contributed by atoms with Gasteiger partial charge in [-0.2, -0.15) is 0 Å². The number of thiazole rings is 1. The number of hydrogen-bond acceptors (Lipinski definition) is 7. The van der Waals surface area contributed by atoms with E-state index in [1.165, 1.54) is 17.0 Å². The Morgan fingerprint density at radius 1 is 1.18 bits per heavy atom. The summed E-state index contributed by atoms with van der Waals surface area (Å²) in [5.74, 6) is -1.80. The average molecular weight is 479 g/mol. The fraction of sp³-hybridized carbons (Fsp3) is 0.200. The van der Waals surface area contributed by atoms with Crippen molar-refractivity contribution in [1.82, 2.24) is 4.98 Å². The van der Waals surface area contributed by atoms with Crippen LogP contribution in [-0.2, 0) is 4.74 Å². The maximum atomic E-state index is 13.9. The third kappa shape index (κ3) is 3.40. The summed E-state index contributed by atoms with van der Waals surface area (Å²) in [7, 11) is 0. The number of anilines is 1. The van der Waals surface area contributed by atoms with Crippen LogP contribution in [0.25, 0.3) is 11.0 Å². The van der Waals surface area contributed by atoms with Crippen LogP contribution in [0, 0.1) is 19.7 Å². The molecule has 4 aromatic rings. The number of benzene rings is 2. The number of halogens is 1. The van der Waals surface area contributed by atoms with Gasteiger partial charge in [-0.25, -0.2) is 14.2 Å². The van der Waals surface area contributed by atoms with Gasteiger partial charge in [0.25, 0.3) is 5.91 Å². The lowest BCUT2D eigenvalue weighted by Gasteiger charge is -2.22. The van der Waals surface area contributed by atoms with Crippen LogP contribution >= 0.6 is 11.3 Å². The van der Waals surface area contributed by atoms with Crippen molar-refractivity contribution in [2.75, 3.05) is 11.5 Å². The van der Waals surface area contributed by atoms with E-state index in [0.717, 1.165) is 23.0 Å². The standard InChI is InChI=1S/C25H19FN2O5S/c1-4-32-24(31)22-13(3)27-25(34-22)28-19(14-7-5-12(2)6-8-14)18-20(29)16-11-15(26)9-10-17(16)33-21(18)23(28)30/h5-11,19H,4H2,1-3H3/t19-/m0/s1. The first-order valence-corrected chi connectivity index (χ1v) is 11.4. The molecular formula is C25H19FN2O5S. The second-order valence-electron chi connectivity index (χ2n) is 7.93. The van der Waals surface area contributed by atoms with Crippen molar-refractivity contribution >= 4 is 39.3 Å². The molecule has 3 heterocycles. The highest BCUT2D eigenvalue weighted by Gasteiger charge is 2.45. The minimum absolute atomic E-state index is 0.0491. The molecule has 2 aromatic heterocycles. The van der Waals surface area contributed by atoms with Gasteiger partial charge in [0.2, 0.25) is 5.76 Å². The number of aryl methyl sites for hydroxylation is 2. The zero-order chi connectivity index (χ0) is 24.1. The summed E-state index contributed by atoms with van der Waals surface area (Å²) >= 11 is 1.01. The summed E-state index contributed by atoms with van der Waals surface area (Å²) in [6.07, 6.45) is 0. The molecule has 0 saturated carbocycles. The monoisotopic (exact) mass is 478 g/mol. The topological polar surface area (TPSA) is 89.7 Å². The van der Waals surface area contributed by atoms with E-state index in [1.807, 2.05) is 31.2 Å². The Kier molecular flexibility index (Phi) is 5.28. The Morgan fingerprint density at radius 3 is 2.62 bits per heavy atom. The van der Waals surface area contributed by atoms with Gasteiger partial charge in [0.1, 0.15) is 16.3 Å². The number of aromatic nitrogens is 1. The third-order valence-electron chi connectivity index (χ3n) is 5.68. The third-order valence-corrected chi connectivity index (χ3v) is 6.81. The molecule has 0 saturated heterocycles. The zero-order valence-corrected chi connectivity index (χ0v) is 19.4. The highest BCUT2D eigenvalue weighted by molar-refractivity contribution is 7.17. The SMILES string of the molecule is CCOC(=O)c1sc(N2C(=O)c3oc4ccc(F)cc4c(=O)c3[C@@H]2c2ccc(C)cc2)nc1C. The maximum absolute atomic E-state index is 13.9. The molecule has 1 amide bonds. The fourth-order valence-electron chi connectivity index (χ4n) is 4.08. The first-order chi connectivity index (χ1) is 16.3. The van der Waals surface area contributed by atoms with Gasteiger partial charge in [0.15, 0.2) is 10.6 Å². The van der Waals surface area contributed by atoms with E-state index in [2.05, 4.69) is 4.98 Å². The summed E-state index contributed by atoms with van der Waals surface area (Å²) in [5.41, 5.74) is 1.81. The predicted molar refractivity (Wildman–Crippen MR) is 125 cm³/mol. The highest BCUT2D eigenvalue weighted by atomic mass is 32.1. The number of fused-ring (bicyclic) bond motifs is 2. The molecule has 0 radical (unpaired) electrons. The van der Waals surface area contributed by atoms with E-state index >= 15 is 0 Å². The number of amides is 1. The van der Waals surface area contributed by atoms with Crippen LogP contribution in [0.1, 0.15) is 55.6 Å². The largest absolute Gasteiger partial charge is 0.462 e. The van der Waals surface area contributed by atoms with Gasteiger partial charge in [-0.15, -0.1) is 0 Å². The summed E-state index contributed by atoms with van der Waals surface area (Å²) in [6.45, 7) is 5.48. The predicted octanol–water partition coefficient (Wildman–Crippen LogP) is 4.93. The van der Waals surface area contributed by atoms with Crippen molar-refractivity contribution < 1.29 is 23.1 Å². The Balaban J connectivity index is 1.75. The quantitative estimate of drug-likeness (QED) is 0.386. The lowest BCUT2D eigenvalue weighted by atomic mass is 9.98. The number of hydrogen-bond donors (Lipinski definition) is 0. The Labute approximate surface area is 197 Å². The van der Waals surface area contributed by atoms with Gasteiger partial charge < -0.3 is 9.15 Å². The molecular weight excluding hydrogens is 459 g/mol. The van der Waals surface area contributed by atoms with Crippen molar-refractivity contribution in [3.05, 3.63) is 91.5 Å². The van der Waals surface area contributed by atoms with Crippen molar-refractivity contribution in [2.45, 2.75) is 26.8 Å². The molecule has 0 N–H and O–H groups in total. The summed E-state index contributed by atoms with van der Waals surface area (Å²) in [5, 5.41) is 0.283. The Hall–Kier alpha value is -3.85. The number of carbonyl (C=O) groups is 2. The molecule has 0 bridgehead atoms. The molecule has 1 aliphatic rings. The molecule has 9 heteroatoms. The Bertz CT molecular complexity index is 1520. The molecule has 5 rings (SSSR count). The van der Waals surface area contributed by atoms with Crippen molar-refractivity contribution in [1.29, 1.82) is 0 Å². The smallest absolute Gasteiger partial charge is 0.350 e. The average Bonchev–Trinajstić information content (AvgIpc) is 3.33. The molecule has 2 aromatic carbocycles. The van der Waals surface area contributed by atoms with Crippen LogP contribution < -0.4 is 10.3 Å². The van der Waals surface area contributed by atoms with E-state index in [1.54, 1.807) is 13.8 Å². The van der Waals surface area contributed by atoms with Crippen molar-refractivity contribution in [3.8, 4) is 0 Å². The van der Waals surface area contributed by atoms with E-state index in [-0.39, 0.29) is 38.9 Å². The molecule has 172 valence electrons. The molecule has 1 aliphatic heterocycles. The van der Waals surface area contributed by atoms with Crippen LogP contribution in [0.3, 0.4) is 0 Å². The van der Waals surface area contributed by atoms with Gasteiger partial charge in [-0.1, -0.05) is 41.2 Å². The van der Waals surface area contributed by atoms with Crippen LogP contribution in [-0.4, -0.2) is 23.5 Å². The van der Waals surface area contributed by atoms with Crippen LogP contribution in [0.5, 0.6) is 0 Å². The van der Waals surface area contributed by atoms with Crippen molar-refractivity contribution in [3.63, 3.8) is 0 Å². The number of esters is 1. The van der Waals surface area contributed by atoms with Gasteiger partial charge in [-0.05, 0) is 44.5 Å². The number of carbonyl (C=O) groups excluding carboxylic acids is 2.